The number of carbonyl (C=O) groups excluding carboxylic acids is 1. The van der Waals surface area contributed by atoms with Crippen LogP contribution in [0.15, 0.2) is 29.3 Å². The van der Waals surface area contributed by atoms with Crippen LogP contribution < -0.4 is 16.6 Å². The molecule has 0 aromatic carbocycles. The fraction of sp³-hybridized carbons (Fsp3) is 0.438. The first kappa shape index (κ1) is 14.7. The van der Waals surface area contributed by atoms with Crippen molar-refractivity contribution in [3.63, 3.8) is 0 Å². The van der Waals surface area contributed by atoms with E-state index in [9.17, 15) is 9.59 Å². The van der Waals surface area contributed by atoms with Gasteiger partial charge >= 0.3 is 0 Å². The SMILES string of the molecule is Cc1ccn2c(=O)c(C(=O)NC3CCC(N)CC3)cnc2c1. The summed E-state index contributed by atoms with van der Waals surface area (Å²) in [6, 6.07) is 3.95. The zero-order valence-electron chi connectivity index (χ0n) is 12.6. The summed E-state index contributed by atoms with van der Waals surface area (Å²) in [6.07, 6.45) is 6.53. The lowest BCUT2D eigenvalue weighted by Gasteiger charge is -2.26. The van der Waals surface area contributed by atoms with Crippen LogP contribution in [0.5, 0.6) is 0 Å². The van der Waals surface area contributed by atoms with Gasteiger partial charge in [-0.1, -0.05) is 0 Å². The molecule has 1 amide bonds. The molecule has 2 aromatic rings. The van der Waals surface area contributed by atoms with E-state index in [1.807, 2.05) is 19.1 Å². The van der Waals surface area contributed by atoms with Gasteiger partial charge in [0, 0.05) is 24.5 Å². The molecule has 0 unspecified atom stereocenters. The molecular weight excluding hydrogens is 280 g/mol. The minimum Gasteiger partial charge on any atom is -0.349 e. The summed E-state index contributed by atoms with van der Waals surface area (Å²) < 4.78 is 1.40. The number of aryl methyl sites for hydroxylation is 1. The number of hydrogen-bond donors (Lipinski definition) is 2. The summed E-state index contributed by atoms with van der Waals surface area (Å²) >= 11 is 0. The lowest BCUT2D eigenvalue weighted by Crippen LogP contribution is -2.42. The molecule has 3 N–H and O–H groups in total. The number of pyridine rings is 1. The highest BCUT2D eigenvalue weighted by atomic mass is 16.2. The minimum atomic E-state index is -0.354. The van der Waals surface area contributed by atoms with E-state index in [1.54, 1.807) is 6.20 Å². The Labute approximate surface area is 128 Å². The predicted octanol–water partition coefficient (Wildman–Crippen LogP) is 1.00. The van der Waals surface area contributed by atoms with E-state index in [4.69, 9.17) is 5.73 Å². The number of amides is 1. The van der Waals surface area contributed by atoms with Crippen molar-refractivity contribution in [2.24, 2.45) is 5.73 Å². The molecule has 22 heavy (non-hydrogen) atoms. The van der Waals surface area contributed by atoms with Crippen molar-refractivity contribution in [2.45, 2.75) is 44.7 Å². The van der Waals surface area contributed by atoms with Gasteiger partial charge in [0.05, 0.1) is 0 Å². The maximum Gasteiger partial charge on any atom is 0.270 e. The normalized spacial score (nSPS) is 21.7. The molecule has 1 aliphatic rings. The van der Waals surface area contributed by atoms with Gasteiger partial charge in [-0.3, -0.25) is 14.0 Å². The van der Waals surface area contributed by atoms with Crippen LogP contribution in [0, 0.1) is 6.92 Å². The van der Waals surface area contributed by atoms with Crippen molar-refractivity contribution in [1.82, 2.24) is 14.7 Å². The number of fused-ring (bicyclic) bond motifs is 1. The van der Waals surface area contributed by atoms with Crippen LogP contribution in [0.2, 0.25) is 0 Å². The standard InChI is InChI=1S/C16H20N4O2/c1-10-6-7-20-14(8-10)18-9-13(16(20)22)15(21)19-12-4-2-11(17)3-5-12/h6-9,11-12H,2-5,17H2,1H3,(H,19,21). The highest BCUT2D eigenvalue weighted by molar-refractivity contribution is 5.93. The number of nitrogens with zero attached hydrogens (tertiary/aromatic N) is 2. The van der Waals surface area contributed by atoms with Crippen LogP contribution in [0.1, 0.15) is 41.6 Å². The Morgan fingerprint density at radius 2 is 2.09 bits per heavy atom. The van der Waals surface area contributed by atoms with Gasteiger partial charge in [0.15, 0.2) is 0 Å². The van der Waals surface area contributed by atoms with E-state index in [0.717, 1.165) is 31.2 Å². The van der Waals surface area contributed by atoms with Gasteiger partial charge in [0.2, 0.25) is 0 Å². The first-order valence-corrected chi connectivity index (χ1v) is 7.59. The molecule has 0 radical (unpaired) electrons. The molecule has 2 heterocycles. The molecule has 1 aliphatic carbocycles. The maximum absolute atomic E-state index is 12.4. The Balaban J connectivity index is 1.83. The summed E-state index contributed by atoms with van der Waals surface area (Å²) in [6.45, 7) is 1.93. The highest BCUT2D eigenvalue weighted by Gasteiger charge is 2.22. The number of nitrogens with one attached hydrogen (secondary N) is 1. The fourth-order valence-electron chi connectivity index (χ4n) is 2.86. The molecule has 0 atom stereocenters. The third-order valence-electron chi connectivity index (χ3n) is 4.22. The van der Waals surface area contributed by atoms with Crippen LogP contribution in [-0.4, -0.2) is 27.4 Å². The van der Waals surface area contributed by atoms with E-state index in [1.165, 1.54) is 10.6 Å². The lowest BCUT2D eigenvalue weighted by molar-refractivity contribution is 0.0924. The van der Waals surface area contributed by atoms with Crippen molar-refractivity contribution in [1.29, 1.82) is 0 Å². The summed E-state index contributed by atoms with van der Waals surface area (Å²) in [5, 5.41) is 2.92. The zero-order chi connectivity index (χ0) is 15.7. The van der Waals surface area contributed by atoms with Gasteiger partial charge in [-0.05, 0) is 50.3 Å². The third-order valence-corrected chi connectivity index (χ3v) is 4.22. The zero-order valence-corrected chi connectivity index (χ0v) is 12.6. The molecule has 1 saturated carbocycles. The summed E-state index contributed by atoms with van der Waals surface area (Å²) in [5.41, 5.74) is 7.17. The van der Waals surface area contributed by atoms with E-state index in [-0.39, 0.29) is 29.1 Å². The van der Waals surface area contributed by atoms with Gasteiger partial charge in [0.25, 0.3) is 11.5 Å². The maximum atomic E-state index is 12.4. The van der Waals surface area contributed by atoms with Crippen molar-refractivity contribution in [3.8, 4) is 0 Å². The molecule has 116 valence electrons. The molecule has 6 heteroatoms. The van der Waals surface area contributed by atoms with Crippen LogP contribution in [0.3, 0.4) is 0 Å². The van der Waals surface area contributed by atoms with E-state index >= 15 is 0 Å². The largest absolute Gasteiger partial charge is 0.349 e. The second kappa shape index (κ2) is 5.88. The van der Waals surface area contributed by atoms with E-state index in [0.29, 0.717) is 5.65 Å². The first-order chi connectivity index (χ1) is 10.5. The van der Waals surface area contributed by atoms with E-state index in [2.05, 4.69) is 10.3 Å². The second-order valence-corrected chi connectivity index (χ2v) is 5.99. The molecule has 0 spiro atoms. The van der Waals surface area contributed by atoms with Crippen molar-refractivity contribution in [3.05, 3.63) is 46.0 Å². The van der Waals surface area contributed by atoms with Gasteiger partial charge in [0.1, 0.15) is 11.2 Å². The smallest absolute Gasteiger partial charge is 0.270 e. The van der Waals surface area contributed by atoms with Crippen LogP contribution in [0.4, 0.5) is 0 Å². The monoisotopic (exact) mass is 300 g/mol. The molecule has 0 saturated heterocycles. The topological polar surface area (TPSA) is 89.5 Å². The average Bonchev–Trinajstić information content (AvgIpc) is 2.49. The molecule has 0 bridgehead atoms. The van der Waals surface area contributed by atoms with Crippen LogP contribution >= 0.6 is 0 Å². The fourth-order valence-corrected chi connectivity index (χ4v) is 2.86. The van der Waals surface area contributed by atoms with Gasteiger partial charge < -0.3 is 11.1 Å². The Bertz CT molecular complexity index is 760. The summed E-state index contributed by atoms with van der Waals surface area (Å²) in [7, 11) is 0. The third kappa shape index (κ3) is 2.87. The Hall–Kier alpha value is -2.21. The minimum absolute atomic E-state index is 0.0798. The Kier molecular flexibility index (Phi) is 3.94. The summed E-state index contributed by atoms with van der Waals surface area (Å²) in [4.78, 5) is 29.0. The molecule has 0 aliphatic heterocycles. The highest BCUT2D eigenvalue weighted by Crippen LogP contribution is 2.17. The van der Waals surface area contributed by atoms with Crippen LogP contribution in [0.25, 0.3) is 5.65 Å². The second-order valence-electron chi connectivity index (χ2n) is 5.99. The summed E-state index contributed by atoms with van der Waals surface area (Å²) in [5.74, 6) is -0.354. The van der Waals surface area contributed by atoms with Gasteiger partial charge in [-0.25, -0.2) is 4.98 Å². The van der Waals surface area contributed by atoms with Gasteiger partial charge in [-0.15, -0.1) is 0 Å². The first-order valence-electron chi connectivity index (χ1n) is 7.59. The Morgan fingerprint density at radius 1 is 1.36 bits per heavy atom. The molecular formula is C16H20N4O2. The molecule has 1 fully saturated rings. The number of carbonyl (C=O) groups is 1. The number of hydrogen-bond acceptors (Lipinski definition) is 4. The lowest BCUT2D eigenvalue weighted by atomic mass is 9.92. The number of nitrogens with two attached hydrogens (primary N) is 1. The van der Waals surface area contributed by atoms with Crippen LogP contribution in [-0.2, 0) is 0 Å². The van der Waals surface area contributed by atoms with Crippen molar-refractivity contribution < 1.29 is 4.79 Å². The number of rotatable bonds is 2. The quantitative estimate of drug-likeness (QED) is 0.866. The molecule has 3 rings (SSSR count). The van der Waals surface area contributed by atoms with Crippen molar-refractivity contribution >= 4 is 11.6 Å². The molecule has 6 nitrogen and oxygen atoms in total. The Morgan fingerprint density at radius 3 is 2.82 bits per heavy atom. The number of aromatic nitrogens is 2. The molecule has 2 aromatic heterocycles. The average molecular weight is 300 g/mol. The van der Waals surface area contributed by atoms with Gasteiger partial charge in [-0.2, -0.15) is 0 Å². The van der Waals surface area contributed by atoms with Crippen molar-refractivity contribution in [2.75, 3.05) is 0 Å². The predicted molar refractivity (Wildman–Crippen MR) is 83.9 cm³/mol. The van der Waals surface area contributed by atoms with E-state index < -0.39 is 0 Å².